The van der Waals surface area contributed by atoms with E-state index in [0.717, 1.165) is 5.56 Å². The second kappa shape index (κ2) is 11.8. The minimum atomic E-state index is -3.25. The fraction of sp³-hybridized carbons (Fsp3) is 0.364. The molecule has 2 aromatic carbocycles. The van der Waals surface area contributed by atoms with E-state index in [-0.39, 0.29) is 17.6 Å². The smallest absolute Gasteiger partial charge is 0.251 e. The maximum atomic E-state index is 12.8. The molecule has 0 fully saturated rings. The Morgan fingerprint density at radius 3 is 2.32 bits per heavy atom. The minimum absolute atomic E-state index is 0.0335. The number of nitrogens with zero attached hydrogens (tertiary/aromatic N) is 1. The molecule has 0 aliphatic heterocycles. The van der Waals surface area contributed by atoms with E-state index in [2.05, 4.69) is 10.6 Å². The Hall–Kier alpha value is -2.42. The van der Waals surface area contributed by atoms with E-state index in [1.54, 1.807) is 31.2 Å². The highest BCUT2D eigenvalue weighted by molar-refractivity contribution is 7.89. The number of hydrogen-bond acceptors (Lipinski definition) is 4. The topological polar surface area (TPSA) is 95.6 Å². The summed E-state index contributed by atoms with van der Waals surface area (Å²) in [5, 5.41) is 6.10. The first-order valence-corrected chi connectivity index (χ1v) is 12.0. The van der Waals surface area contributed by atoms with Gasteiger partial charge in [0.2, 0.25) is 15.9 Å². The maximum absolute atomic E-state index is 12.8. The van der Waals surface area contributed by atoms with E-state index >= 15 is 0 Å². The van der Waals surface area contributed by atoms with Crippen LogP contribution in [-0.2, 0) is 21.2 Å². The van der Waals surface area contributed by atoms with Gasteiger partial charge in [-0.15, -0.1) is 0 Å². The fourth-order valence-corrected chi connectivity index (χ4v) is 3.87. The zero-order chi connectivity index (χ0) is 22.9. The van der Waals surface area contributed by atoms with Gasteiger partial charge in [-0.1, -0.05) is 41.9 Å². The van der Waals surface area contributed by atoms with Crippen molar-refractivity contribution in [2.75, 3.05) is 25.9 Å². The molecule has 0 heterocycles. The van der Waals surface area contributed by atoms with Crippen LogP contribution in [0.2, 0.25) is 5.02 Å². The lowest BCUT2D eigenvalue weighted by Gasteiger charge is -2.20. The van der Waals surface area contributed by atoms with Crippen molar-refractivity contribution < 1.29 is 18.0 Å². The molecule has 2 amide bonds. The van der Waals surface area contributed by atoms with Gasteiger partial charge >= 0.3 is 0 Å². The summed E-state index contributed by atoms with van der Waals surface area (Å²) in [4.78, 5) is 25.4. The summed E-state index contributed by atoms with van der Waals surface area (Å²) in [5.41, 5.74) is 1.31. The van der Waals surface area contributed by atoms with Crippen LogP contribution in [0.15, 0.2) is 54.6 Å². The number of nitrogens with one attached hydrogen (secondary N) is 2. The van der Waals surface area contributed by atoms with Gasteiger partial charge in [0.25, 0.3) is 5.91 Å². The fourth-order valence-electron chi connectivity index (χ4n) is 2.90. The molecule has 0 aliphatic rings. The molecule has 2 rings (SSSR count). The summed E-state index contributed by atoms with van der Waals surface area (Å²) in [6, 6.07) is 15.0. The number of sulfonamides is 1. The second-order valence-electron chi connectivity index (χ2n) is 7.09. The number of carbonyl (C=O) groups excluding carboxylic acids is 2. The number of benzene rings is 2. The lowest BCUT2D eigenvalue weighted by atomic mass is 10.0. The van der Waals surface area contributed by atoms with Gasteiger partial charge in [0.15, 0.2) is 0 Å². The third-order valence-electron chi connectivity index (χ3n) is 4.80. The van der Waals surface area contributed by atoms with Crippen molar-refractivity contribution in [1.29, 1.82) is 0 Å². The first kappa shape index (κ1) is 24.8. The Kier molecular flexibility index (Phi) is 9.48. The standard InChI is InChI=1S/C22H28ClN3O4S/c1-3-31(29,30)26(2)15-7-14-24-22(28)20(16-17-8-5-4-6-9-17)25-21(27)18-10-12-19(23)13-11-18/h4-6,8-13,20H,3,7,14-16H2,1-2H3,(H,24,28)(H,25,27). The molecule has 2 aromatic rings. The second-order valence-corrected chi connectivity index (χ2v) is 9.89. The summed E-state index contributed by atoms with van der Waals surface area (Å²) in [5.74, 6) is -0.667. The monoisotopic (exact) mass is 465 g/mol. The number of hydrogen-bond donors (Lipinski definition) is 2. The zero-order valence-electron chi connectivity index (χ0n) is 17.7. The Morgan fingerprint density at radius 1 is 1.06 bits per heavy atom. The van der Waals surface area contributed by atoms with E-state index in [1.807, 2.05) is 30.3 Å². The van der Waals surface area contributed by atoms with E-state index in [1.165, 1.54) is 11.4 Å². The summed E-state index contributed by atoms with van der Waals surface area (Å²) in [6.07, 6.45) is 0.792. The molecule has 0 aromatic heterocycles. The van der Waals surface area contributed by atoms with Crippen LogP contribution in [-0.4, -0.2) is 56.5 Å². The quantitative estimate of drug-likeness (QED) is 0.498. The predicted octanol–water partition coefficient (Wildman–Crippen LogP) is 2.47. The number of carbonyl (C=O) groups is 2. The van der Waals surface area contributed by atoms with Crippen LogP contribution in [0.3, 0.4) is 0 Å². The highest BCUT2D eigenvalue weighted by Gasteiger charge is 2.22. The first-order chi connectivity index (χ1) is 14.7. The average Bonchev–Trinajstić information content (AvgIpc) is 2.77. The van der Waals surface area contributed by atoms with E-state index < -0.39 is 16.1 Å². The number of rotatable bonds is 11. The Bertz CT molecular complexity index is 966. The molecule has 0 radical (unpaired) electrons. The molecular weight excluding hydrogens is 438 g/mol. The molecule has 0 aliphatic carbocycles. The van der Waals surface area contributed by atoms with Gasteiger partial charge in [0, 0.05) is 37.1 Å². The minimum Gasteiger partial charge on any atom is -0.354 e. The van der Waals surface area contributed by atoms with Crippen molar-refractivity contribution in [3.8, 4) is 0 Å². The molecule has 0 spiro atoms. The van der Waals surface area contributed by atoms with E-state index in [4.69, 9.17) is 11.6 Å². The summed E-state index contributed by atoms with van der Waals surface area (Å²) < 4.78 is 24.9. The molecule has 0 saturated carbocycles. The highest BCUT2D eigenvalue weighted by atomic mass is 35.5. The Morgan fingerprint density at radius 2 is 1.71 bits per heavy atom. The van der Waals surface area contributed by atoms with Crippen molar-refractivity contribution in [3.05, 3.63) is 70.7 Å². The van der Waals surface area contributed by atoms with Crippen molar-refractivity contribution in [1.82, 2.24) is 14.9 Å². The third kappa shape index (κ3) is 7.97. The molecule has 0 bridgehead atoms. The van der Waals surface area contributed by atoms with E-state index in [9.17, 15) is 18.0 Å². The van der Waals surface area contributed by atoms with Crippen molar-refractivity contribution >= 4 is 33.4 Å². The summed E-state index contributed by atoms with van der Waals surface area (Å²) in [7, 11) is -1.73. The first-order valence-electron chi connectivity index (χ1n) is 10.0. The van der Waals surface area contributed by atoms with Crippen LogP contribution in [0.4, 0.5) is 0 Å². The van der Waals surface area contributed by atoms with Crippen molar-refractivity contribution in [2.24, 2.45) is 0 Å². The zero-order valence-corrected chi connectivity index (χ0v) is 19.2. The van der Waals surface area contributed by atoms with Crippen LogP contribution in [0.5, 0.6) is 0 Å². The summed E-state index contributed by atoms with van der Waals surface area (Å²) >= 11 is 5.87. The molecule has 7 nitrogen and oxygen atoms in total. The SMILES string of the molecule is CCS(=O)(=O)N(C)CCCNC(=O)C(Cc1ccccc1)NC(=O)c1ccc(Cl)cc1. The van der Waals surface area contributed by atoms with Crippen LogP contribution in [0.1, 0.15) is 29.3 Å². The van der Waals surface area contributed by atoms with Crippen LogP contribution < -0.4 is 10.6 Å². The molecule has 0 saturated heterocycles. The van der Waals surface area contributed by atoms with E-state index in [0.29, 0.717) is 36.5 Å². The largest absolute Gasteiger partial charge is 0.354 e. The van der Waals surface area contributed by atoms with Crippen LogP contribution >= 0.6 is 11.6 Å². The molecule has 1 atom stereocenters. The van der Waals surface area contributed by atoms with Gasteiger partial charge in [-0.25, -0.2) is 12.7 Å². The third-order valence-corrected chi connectivity index (χ3v) is 6.91. The van der Waals surface area contributed by atoms with Gasteiger partial charge < -0.3 is 10.6 Å². The molecule has 168 valence electrons. The number of amides is 2. The molecule has 31 heavy (non-hydrogen) atoms. The lowest BCUT2D eigenvalue weighted by Crippen LogP contribution is -2.48. The van der Waals surface area contributed by atoms with Gasteiger partial charge in [-0.05, 0) is 43.2 Å². The van der Waals surface area contributed by atoms with Gasteiger partial charge in [0.1, 0.15) is 6.04 Å². The average molecular weight is 466 g/mol. The summed E-state index contributed by atoms with van der Waals surface area (Å²) in [6.45, 7) is 2.19. The lowest BCUT2D eigenvalue weighted by molar-refractivity contribution is -0.122. The molecule has 9 heteroatoms. The molecule has 2 N–H and O–H groups in total. The molecule has 1 unspecified atom stereocenters. The van der Waals surface area contributed by atoms with Crippen molar-refractivity contribution in [3.63, 3.8) is 0 Å². The van der Waals surface area contributed by atoms with Gasteiger partial charge in [0.05, 0.1) is 5.75 Å². The van der Waals surface area contributed by atoms with Gasteiger partial charge in [-0.2, -0.15) is 0 Å². The van der Waals surface area contributed by atoms with Crippen LogP contribution in [0.25, 0.3) is 0 Å². The number of halogens is 1. The molecular formula is C22H28ClN3O4S. The van der Waals surface area contributed by atoms with Crippen LogP contribution in [0, 0.1) is 0 Å². The Labute approximate surface area is 188 Å². The predicted molar refractivity (Wildman–Crippen MR) is 123 cm³/mol. The maximum Gasteiger partial charge on any atom is 0.251 e. The normalized spacial score (nSPS) is 12.4. The van der Waals surface area contributed by atoms with Crippen molar-refractivity contribution in [2.45, 2.75) is 25.8 Å². The highest BCUT2D eigenvalue weighted by Crippen LogP contribution is 2.10. The van der Waals surface area contributed by atoms with Gasteiger partial charge in [-0.3, -0.25) is 9.59 Å². The Balaban J connectivity index is 1.99.